The molecule has 9 aromatic rings. The Morgan fingerprint density at radius 3 is 1.97 bits per heavy atom. The van der Waals surface area contributed by atoms with Gasteiger partial charge in [-0.2, -0.15) is 0 Å². The molecular formula is C57H42N2. The Morgan fingerprint density at radius 1 is 0.492 bits per heavy atom. The number of aromatic nitrogens is 1. The molecule has 11 rings (SSSR count). The molecule has 0 spiro atoms. The highest BCUT2D eigenvalue weighted by atomic mass is 15.1. The topological polar surface area (TPSA) is 8.17 Å². The van der Waals surface area contributed by atoms with E-state index in [1.807, 2.05) is 0 Å². The number of anilines is 3. The summed E-state index contributed by atoms with van der Waals surface area (Å²) in [6.07, 6.45) is 11.6. The lowest BCUT2D eigenvalue weighted by Gasteiger charge is -2.42. The third-order valence-corrected chi connectivity index (χ3v) is 12.5. The first-order chi connectivity index (χ1) is 29.1. The van der Waals surface area contributed by atoms with Gasteiger partial charge in [-0.05, 0) is 116 Å². The molecule has 280 valence electrons. The lowest BCUT2D eigenvalue weighted by atomic mass is 9.61. The molecule has 2 heteroatoms. The van der Waals surface area contributed by atoms with Crippen LogP contribution in [0.4, 0.5) is 17.1 Å². The fraction of sp³-hybridized carbons (Fsp3) is 0.0526. The standard InChI is InChI=1S/C57H42N2/c1-57-35-13-12-22-47(57)39-54-55(52-27-10-11-28-53(52)59(54)48-23-6-3-7-24-48)56(57)46-21-15-26-51(38-46)58(50-25-14-20-44(37-50)40-16-4-2-5-17-40)49-33-31-42(32-34-49)45-30-29-41-18-8-9-19-43(41)36-45/h2-39,56H,1H3. The van der Waals surface area contributed by atoms with Gasteiger partial charge in [0.15, 0.2) is 0 Å². The Kier molecular flexibility index (Phi) is 8.37. The Morgan fingerprint density at radius 2 is 1.14 bits per heavy atom. The predicted molar refractivity (Wildman–Crippen MR) is 249 cm³/mol. The van der Waals surface area contributed by atoms with Crippen molar-refractivity contribution in [3.63, 3.8) is 0 Å². The summed E-state index contributed by atoms with van der Waals surface area (Å²) >= 11 is 0. The maximum absolute atomic E-state index is 2.46. The van der Waals surface area contributed by atoms with E-state index in [9.17, 15) is 0 Å². The van der Waals surface area contributed by atoms with Gasteiger partial charge in [0.05, 0.1) is 11.2 Å². The average Bonchev–Trinajstić information content (AvgIpc) is 3.62. The molecule has 8 aromatic carbocycles. The number of benzene rings is 8. The second kappa shape index (κ2) is 14.2. The highest BCUT2D eigenvalue weighted by Crippen LogP contribution is 2.56. The fourth-order valence-electron chi connectivity index (χ4n) is 9.62. The fourth-order valence-corrected chi connectivity index (χ4v) is 9.62. The number of fused-ring (bicyclic) bond motifs is 5. The van der Waals surface area contributed by atoms with Gasteiger partial charge in [0, 0.05) is 39.5 Å². The quantitative estimate of drug-likeness (QED) is 0.157. The largest absolute Gasteiger partial charge is 0.310 e. The van der Waals surface area contributed by atoms with Gasteiger partial charge < -0.3 is 9.47 Å². The van der Waals surface area contributed by atoms with Crippen molar-refractivity contribution in [2.45, 2.75) is 12.8 Å². The minimum Gasteiger partial charge on any atom is -0.310 e. The van der Waals surface area contributed by atoms with Crippen LogP contribution in [-0.2, 0) is 0 Å². The van der Waals surface area contributed by atoms with Crippen molar-refractivity contribution in [1.82, 2.24) is 4.57 Å². The zero-order valence-corrected chi connectivity index (χ0v) is 32.9. The van der Waals surface area contributed by atoms with Crippen molar-refractivity contribution in [2.75, 3.05) is 4.90 Å². The first-order valence-corrected chi connectivity index (χ1v) is 20.5. The van der Waals surface area contributed by atoms with E-state index in [0.717, 1.165) is 17.1 Å². The molecule has 2 aliphatic carbocycles. The summed E-state index contributed by atoms with van der Waals surface area (Å²) in [4.78, 5) is 2.42. The van der Waals surface area contributed by atoms with E-state index in [1.165, 1.54) is 72.0 Å². The molecule has 2 atom stereocenters. The van der Waals surface area contributed by atoms with Gasteiger partial charge in [-0.3, -0.25) is 0 Å². The van der Waals surface area contributed by atoms with E-state index >= 15 is 0 Å². The van der Waals surface area contributed by atoms with Crippen LogP contribution in [0.1, 0.15) is 29.7 Å². The van der Waals surface area contributed by atoms with Crippen molar-refractivity contribution in [2.24, 2.45) is 5.41 Å². The van der Waals surface area contributed by atoms with Gasteiger partial charge in [0.2, 0.25) is 0 Å². The van der Waals surface area contributed by atoms with Gasteiger partial charge in [0.1, 0.15) is 0 Å². The third kappa shape index (κ3) is 5.96. The molecular weight excluding hydrogens is 713 g/mol. The normalized spacial score (nSPS) is 16.8. The minimum atomic E-state index is -0.258. The first-order valence-electron chi connectivity index (χ1n) is 20.5. The second-order valence-corrected chi connectivity index (χ2v) is 16.0. The summed E-state index contributed by atoms with van der Waals surface area (Å²) in [6, 6.07) is 73.1. The van der Waals surface area contributed by atoms with Crippen LogP contribution in [0.25, 0.3) is 55.7 Å². The summed E-state index contributed by atoms with van der Waals surface area (Å²) in [5.41, 5.74) is 15.5. The maximum Gasteiger partial charge on any atom is 0.0537 e. The zero-order chi connectivity index (χ0) is 39.3. The smallest absolute Gasteiger partial charge is 0.0537 e. The van der Waals surface area contributed by atoms with Crippen molar-refractivity contribution < 1.29 is 0 Å². The van der Waals surface area contributed by atoms with Crippen molar-refractivity contribution >= 4 is 44.8 Å². The van der Waals surface area contributed by atoms with Crippen LogP contribution in [0, 0.1) is 5.41 Å². The Labute approximate surface area is 346 Å². The molecule has 2 nitrogen and oxygen atoms in total. The molecule has 2 unspecified atom stereocenters. The number of allylic oxidation sites excluding steroid dienone is 5. The number of rotatable bonds is 7. The van der Waals surface area contributed by atoms with Crippen LogP contribution in [0.5, 0.6) is 0 Å². The highest BCUT2D eigenvalue weighted by molar-refractivity contribution is 5.94. The maximum atomic E-state index is 2.46. The van der Waals surface area contributed by atoms with Crippen molar-refractivity contribution in [3.8, 4) is 27.9 Å². The number of nitrogens with zero attached hydrogens (tertiary/aromatic N) is 2. The van der Waals surface area contributed by atoms with Gasteiger partial charge in [-0.15, -0.1) is 0 Å². The molecule has 1 aromatic heterocycles. The van der Waals surface area contributed by atoms with Crippen LogP contribution < -0.4 is 4.90 Å². The molecule has 0 saturated heterocycles. The van der Waals surface area contributed by atoms with Gasteiger partial charge in [-0.25, -0.2) is 0 Å². The van der Waals surface area contributed by atoms with E-state index in [2.05, 4.69) is 247 Å². The molecule has 2 aliphatic rings. The predicted octanol–water partition coefficient (Wildman–Crippen LogP) is 15.2. The van der Waals surface area contributed by atoms with E-state index in [1.54, 1.807) is 0 Å². The van der Waals surface area contributed by atoms with Crippen LogP contribution in [0.15, 0.2) is 230 Å². The van der Waals surface area contributed by atoms with Crippen LogP contribution in [-0.4, -0.2) is 4.57 Å². The van der Waals surface area contributed by atoms with Gasteiger partial charge in [-0.1, -0.05) is 171 Å². The molecule has 0 aliphatic heterocycles. The van der Waals surface area contributed by atoms with Gasteiger partial charge in [0.25, 0.3) is 0 Å². The lowest BCUT2D eigenvalue weighted by molar-refractivity contribution is 0.452. The van der Waals surface area contributed by atoms with Crippen LogP contribution in [0.3, 0.4) is 0 Å². The zero-order valence-electron chi connectivity index (χ0n) is 32.9. The van der Waals surface area contributed by atoms with Crippen molar-refractivity contribution in [1.29, 1.82) is 0 Å². The van der Waals surface area contributed by atoms with E-state index in [0.29, 0.717) is 0 Å². The van der Waals surface area contributed by atoms with E-state index < -0.39 is 0 Å². The molecule has 0 N–H and O–H groups in total. The SMILES string of the molecule is CC12C=CC=CC1=Cc1c(c3ccccc3n1-c1ccccc1)C2c1cccc(N(c2ccc(-c3ccc4ccccc4c3)cc2)c2cccc(-c3ccccc3)c2)c1. The molecule has 0 bridgehead atoms. The Bertz CT molecular complexity index is 3110. The summed E-state index contributed by atoms with van der Waals surface area (Å²) in [6.45, 7) is 2.42. The van der Waals surface area contributed by atoms with Crippen LogP contribution in [0.2, 0.25) is 0 Å². The third-order valence-electron chi connectivity index (χ3n) is 12.5. The molecule has 1 heterocycles. The van der Waals surface area contributed by atoms with E-state index in [-0.39, 0.29) is 11.3 Å². The summed E-state index contributed by atoms with van der Waals surface area (Å²) in [5.74, 6) is 0.0568. The molecule has 59 heavy (non-hydrogen) atoms. The number of hydrogen-bond donors (Lipinski definition) is 0. The van der Waals surface area contributed by atoms with Crippen molar-refractivity contribution in [3.05, 3.63) is 247 Å². The molecule has 0 saturated carbocycles. The monoisotopic (exact) mass is 754 g/mol. The molecule has 0 fully saturated rings. The minimum absolute atomic E-state index is 0.0568. The van der Waals surface area contributed by atoms with Crippen LogP contribution >= 0.6 is 0 Å². The second-order valence-electron chi connectivity index (χ2n) is 16.0. The molecule has 0 radical (unpaired) electrons. The lowest BCUT2D eigenvalue weighted by Crippen LogP contribution is -2.30. The summed E-state index contributed by atoms with van der Waals surface area (Å²) in [5, 5.41) is 3.79. The Balaban J connectivity index is 1.09. The number of hydrogen-bond acceptors (Lipinski definition) is 1. The first kappa shape index (κ1) is 34.8. The van der Waals surface area contributed by atoms with Gasteiger partial charge >= 0.3 is 0 Å². The van der Waals surface area contributed by atoms with E-state index in [4.69, 9.17) is 0 Å². The Hall–Kier alpha value is -7.42. The highest BCUT2D eigenvalue weighted by Gasteiger charge is 2.44. The average molecular weight is 755 g/mol. The molecule has 0 amide bonds. The number of para-hydroxylation sites is 2. The summed E-state index contributed by atoms with van der Waals surface area (Å²) < 4.78 is 2.46. The summed E-state index contributed by atoms with van der Waals surface area (Å²) in [7, 11) is 0.